The zero-order valence-electron chi connectivity index (χ0n) is 6.33. The summed E-state index contributed by atoms with van der Waals surface area (Å²) in [5.41, 5.74) is 0. The average molecular weight is 177 g/mol. The maximum atomic E-state index is 10.2. The lowest BCUT2D eigenvalue weighted by Gasteiger charge is -2.32. The molecule has 0 amide bonds. The minimum atomic E-state index is -1.13. The molecule has 1 fully saturated rings. The second-order valence-electron chi connectivity index (χ2n) is 2.71. The fraction of sp³-hybridized carbons (Fsp3) is 1.00. The Hall–Kier alpha value is -0.560. The smallest absolute Gasteiger partial charge is 0.157 e. The van der Waals surface area contributed by atoms with Crippen LogP contribution in [0.5, 0.6) is 0 Å². The number of hydrogen-bond acceptors (Lipinski definition) is 6. The largest absolute Gasteiger partial charge is 0.394 e. The molecule has 3 N–H and O–H groups in total. The Labute approximate surface area is 68.7 Å². The van der Waals surface area contributed by atoms with E-state index in [0.29, 0.717) is 0 Å². The second kappa shape index (κ2) is 3.90. The van der Waals surface area contributed by atoms with Gasteiger partial charge in [-0.15, -0.1) is 0 Å². The molecule has 1 rings (SSSR count). The first-order valence-corrected chi connectivity index (χ1v) is 3.64. The Kier molecular flexibility index (Phi) is 3.10. The molecule has 1 aliphatic heterocycles. The van der Waals surface area contributed by atoms with Crippen molar-refractivity contribution in [2.24, 2.45) is 5.18 Å². The molecule has 12 heavy (non-hydrogen) atoms. The molecule has 6 heteroatoms. The molecule has 0 aromatic heterocycles. The van der Waals surface area contributed by atoms with Crippen molar-refractivity contribution in [2.75, 3.05) is 6.61 Å². The third kappa shape index (κ3) is 1.78. The van der Waals surface area contributed by atoms with Crippen molar-refractivity contribution in [3.05, 3.63) is 4.91 Å². The quantitative estimate of drug-likeness (QED) is 0.449. The van der Waals surface area contributed by atoms with Crippen LogP contribution in [-0.4, -0.2) is 46.5 Å². The summed E-state index contributed by atoms with van der Waals surface area (Å²) >= 11 is 0. The fourth-order valence-electron chi connectivity index (χ4n) is 1.22. The Morgan fingerprint density at radius 2 is 2.17 bits per heavy atom. The van der Waals surface area contributed by atoms with E-state index in [1.807, 2.05) is 0 Å². The lowest BCUT2D eigenvalue weighted by molar-refractivity contribution is -0.204. The molecule has 0 aromatic carbocycles. The van der Waals surface area contributed by atoms with E-state index in [9.17, 15) is 10.0 Å². The van der Waals surface area contributed by atoms with Crippen LogP contribution in [0.1, 0.15) is 6.42 Å². The molecule has 0 bridgehead atoms. The van der Waals surface area contributed by atoms with Gasteiger partial charge in [-0.2, -0.15) is 4.91 Å². The SMILES string of the molecule is O=N[C@@H]1[C@H](O)C[C@H](O)O[C@@H]1CO. The van der Waals surface area contributed by atoms with Crippen molar-refractivity contribution in [2.45, 2.75) is 31.0 Å². The van der Waals surface area contributed by atoms with Crippen LogP contribution in [0.25, 0.3) is 0 Å². The van der Waals surface area contributed by atoms with E-state index in [-0.39, 0.29) is 6.42 Å². The molecular formula is C6H11NO5. The summed E-state index contributed by atoms with van der Waals surface area (Å²) in [5.74, 6) is 0. The van der Waals surface area contributed by atoms with Crippen molar-refractivity contribution >= 4 is 0 Å². The van der Waals surface area contributed by atoms with Gasteiger partial charge in [0.15, 0.2) is 6.29 Å². The summed E-state index contributed by atoms with van der Waals surface area (Å²) in [5, 5.41) is 29.5. The number of hydrogen-bond donors (Lipinski definition) is 3. The molecule has 4 atom stereocenters. The van der Waals surface area contributed by atoms with Crippen molar-refractivity contribution in [1.82, 2.24) is 0 Å². The molecule has 0 saturated carbocycles. The highest BCUT2D eigenvalue weighted by Gasteiger charge is 2.37. The topological polar surface area (TPSA) is 99.4 Å². The van der Waals surface area contributed by atoms with Crippen molar-refractivity contribution in [3.63, 3.8) is 0 Å². The van der Waals surface area contributed by atoms with E-state index in [0.717, 1.165) is 0 Å². The average Bonchev–Trinajstić information content (AvgIpc) is 2.03. The summed E-state index contributed by atoms with van der Waals surface area (Å²) in [6, 6.07) is -0.988. The zero-order chi connectivity index (χ0) is 9.14. The molecule has 1 saturated heterocycles. The highest BCUT2D eigenvalue weighted by Crippen LogP contribution is 2.20. The van der Waals surface area contributed by atoms with Gasteiger partial charge in [0, 0.05) is 6.42 Å². The van der Waals surface area contributed by atoms with E-state index in [2.05, 4.69) is 5.18 Å². The second-order valence-corrected chi connectivity index (χ2v) is 2.71. The van der Waals surface area contributed by atoms with E-state index in [1.165, 1.54) is 0 Å². The maximum absolute atomic E-state index is 10.2. The van der Waals surface area contributed by atoms with Gasteiger partial charge in [0.25, 0.3) is 0 Å². The summed E-state index contributed by atoms with van der Waals surface area (Å²) in [7, 11) is 0. The molecule has 0 aliphatic carbocycles. The van der Waals surface area contributed by atoms with E-state index in [1.54, 1.807) is 0 Å². The van der Waals surface area contributed by atoms with Gasteiger partial charge in [0.2, 0.25) is 0 Å². The third-order valence-electron chi connectivity index (χ3n) is 1.85. The first kappa shape index (κ1) is 9.53. The van der Waals surface area contributed by atoms with Crippen LogP contribution in [-0.2, 0) is 4.74 Å². The van der Waals surface area contributed by atoms with Crippen LogP contribution in [0, 0.1) is 4.91 Å². The predicted octanol–water partition coefficient (Wildman–Crippen LogP) is -1.42. The highest BCUT2D eigenvalue weighted by atomic mass is 16.6. The monoisotopic (exact) mass is 177 g/mol. The normalized spacial score (nSPS) is 42.6. The minimum absolute atomic E-state index is 0.0487. The Balaban J connectivity index is 2.62. The summed E-state index contributed by atoms with van der Waals surface area (Å²) in [6.07, 6.45) is -3.12. The molecular weight excluding hydrogens is 166 g/mol. The number of aliphatic hydroxyl groups excluding tert-OH is 3. The zero-order valence-corrected chi connectivity index (χ0v) is 6.33. The van der Waals surface area contributed by atoms with Gasteiger partial charge in [0.05, 0.1) is 12.7 Å². The summed E-state index contributed by atoms with van der Waals surface area (Å²) < 4.78 is 4.76. The Bertz CT molecular complexity index is 164. The van der Waals surface area contributed by atoms with Crippen molar-refractivity contribution < 1.29 is 20.1 Å². The van der Waals surface area contributed by atoms with Crippen LogP contribution >= 0.6 is 0 Å². The van der Waals surface area contributed by atoms with Crippen LogP contribution in [0.2, 0.25) is 0 Å². The number of nitroso groups, excluding NO2 is 1. The third-order valence-corrected chi connectivity index (χ3v) is 1.85. The molecule has 0 aromatic rings. The van der Waals surface area contributed by atoms with E-state index < -0.39 is 31.1 Å². The van der Waals surface area contributed by atoms with Gasteiger partial charge in [-0.1, -0.05) is 5.18 Å². The van der Waals surface area contributed by atoms with E-state index in [4.69, 9.17) is 14.9 Å². The summed E-state index contributed by atoms with van der Waals surface area (Å²) in [6.45, 7) is -0.440. The number of aliphatic hydroxyl groups is 3. The molecule has 1 heterocycles. The lowest BCUT2D eigenvalue weighted by atomic mass is 10.00. The van der Waals surface area contributed by atoms with Crippen LogP contribution in [0.15, 0.2) is 5.18 Å². The molecule has 70 valence electrons. The van der Waals surface area contributed by atoms with Crippen molar-refractivity contribution in [1.29, 1.82) is 0 Å². The molecule has 6 nitrogen and oxygen atoms in total. The number of nitrogens with zero attached hydrogens (tertiary/aromatic N) is 1. The Morgan fingerprint density at radius 1 is 1.50 bits per heavy atom. The minimum Gasteiger partial charge on any atom is -0.394 e. The van der Waals surface area contributed by atoms with Gasteiger partial charge in [-0.05, 0) is 0 Å². The van der Waals surface area contributed by atoms with E-state index >= 15 is 0 Å². The first-order chi connectivity index (χ1) is 5.69. The van der Waals surface area contributed by atoms with Gasteiger partial charge in [-0.25, -0.2) is 0 Å². The Morgan fingerprint density at radius 3 is 2.67 bits per heavy atom. The van der Waals surface area contributed by atoms with Crippen LogP contribution in [0.4, 0.5) is 0 Å². The van der Waals surface area contributed by atoms with Crippen LogP contribution < -0.4 is 0 Å². The lowest BCUT2D eigenvalue weighted by Crippen LogP contribution is -2.48. The molecule has 0 unspecified atom stereocenters. The standard InChI is InChI=1S/C6H11NO5/c8-2-4-6(7-11)3(9)1-5(10)12-4/h3-6,8-10H,1-2H2/t3-,4-,5-,6-/m1/s1. The highest BCUT2D eigenvalue weighted by molar-refractivity contribution is 4.87. The van der Waals surface area contributed by atoms with Crippen LogP contribution in [0.3, 0.4) is 0 Å². The first-order valence-electron chi connectivity index (χ1n) is 3.64. The predicted molar refractivity (Wildman–Crippen MR) is 38.2 cm³/mol. The van der Waals surface area contributed by atoms with Gasteiger partial charge in [0.1, 0.15) is 12.1 Å². The van der Waals surface area contributed by atoms with Crippen molar-refractivity contribution in [3.8, 4) is 0 Å². The van der Waals surface area contributed by atoms with Gasteiger partial charge in [-0.3, -0.25) is 0 Å². The fourth-order valence-corrected chi connectivity index (χ4v) is 1.22. The van der Waals surface area contributed by atoms with Gasteiger partial charge < -0.3 is 20.1 Å². The maximum Gasteiger partial charge on any atom is 0.157 e. The molecule has 0 spiro atoms. The summed E-state index contributed by atoms with van der Waals surface area (Å²) in [4.78, 5) is 10.2. The molecule has 0 radical (unpaired) electrons. The van der Waals surface area contributed by atoms with Gasteiger partial charge >= 0.3 is 0 Å². The molecule has 1 aliphatic rings. The number of rotatable bonds is 2. The number of ether oxygens (including phenoxy) is 1.